The molecule has 2 aromatic rings. The molecule has 0 aliphatic heterocycles. The number of hydrogen-bond acceptors (Lipinski definition) is 7. The van der Waals surface area contributed by atoms with Gasteiger partial charge < -0.3 is 30.1 Å². The van der Waals surface area contributed by atoms with Crippen LogP contribution in [0.1, 0.15) is 70.2 Å². The highest BCUT2D eigenvalue weighted by Gasteiger charge is 2.36. The Bertz CT molecular complexity index is 1170. The fourth-order valence-electron chi connectivity index (χ4n) is 4.26. The lowest BCUT2D eigenvalue weighted by atomic mass is 9.99. The fourth-order valence-corrected chi connectivity index (χ4v) is 4.26. The molecule has 0 bridgehead atoms. The van der Waals surface area contributed by atoms with Crippen molar-refractivity contribution in [2.75, 3.05) is 19.7 Å². The Morgan fingerprint density at radius 2 is 1.71 bits per heavy atom. The predicted octanol–water partition coefficient (Wildman–Crippen LogP) is 4.19. The van der Waals surface area contributed by atoms with Gasteiger partial charge in [-0.15, -0.1) is 0 Å². The molecule has 10 heteroatoms. The van der Waals surface area contributed by atoms with Crippen LogP contribution in [-0.4, -0.2) is 65.2 Å². The van der Waals surface area contributed by atoms with Gasteiger partial charge in [-0.2, -0.15) is 0 Å². The molecule has 0 radical (unpaired) electrons. The minimum Gasteiger partial charge on any atom is -0.508 e. The van der Waals surface area contributed by atoms with Crippen LogP contribution in [0.5, 0.6) is 5.75 Å². The number of hydrogen-bond donors (Lipinski definition) is 3. The first-order valence-corrected chi connectivity index (χ1v) is 13.9. The van der Waals surface area contributed by atoms with Crippen molar-refractivity contribution >= 4 is 23.9 Å². The second-order valence-corrected chi connectivity index (χ2v) is 10.8. The van der Waals surface area contributed by atoms with Crippen molar-refractivity contribution in [2.24, 2.45) is 0 Å². The number of nitrogens with zero attached hydrogens (tertiary/aromatic N) is 1. The number of benzene rings is 2. The third-order valence-corrected chi connectivity index (χ3v) is 5.96. The number of phenols is 1. The third kappa shape index (κ3) is 11.1. The SMILES string of the molecule is CCCN(C(=O)C(Cc1ccc(O)cc1)NC(=O)OC(C)(C)C)C(C(=O)NCCC(=O)OCC)c1cccc(C)c1. The molecule has 0 aliphatic rings. The quantitative estimate of drug-likeness (QED) is 0.308. The van der Waals surface area contributed by atoms with E-state index in [1.54, 1.807) is 45.9 Å². The molecule has 2 aromatic carbocycles. The van der Waals surface area contributed by atoms with Crippen molar-refractivity contribution in [3.8, 4) is 5.75 Å². The highest BCUT2D eigenvalue weighted by Crippen LogP contribution is 2.25. The van der Waals surface area contributed by atoms with Gasteiger partial charge in [0.05, 0.1) is 13.0 Å². The van der Waals surface area contributed by atoms with Gasteiger partial charge in [0.2, 0.25) is 11.8 Å². The maximum absolute atomic E-state index is 14.2. The number of alkyl carbamates (subject to hydrolysis) is 1. The first-order valence-electron chi connectivity index (χ1n) is 13.9. The summed E-state index contributed by atoms with van der Waals surface area (Å²) < 4.78 is 10.4. The normalized spacial score (nSPS) is 12.5. The summed E-state index contributed by atoms with van der Waals surface area (Å²) in [7, 11) is 0. The maximum atomic E-state index is 14.2. The zero-order valence-corrected chi connectivity index (χ0v) is 24.9. The minimum atomic E-state index is -1.07. The Morgan fingerprint density at radius 1 is 1.02 bits per heavy atom. The van der Waals surface area contributed by atoms with Crippen molar-refractivity contribution in [2.45, 2.75) is 78.5 Å². The van der Waals surface area contributed by atoms with Crippen molar-refractivity contribution in [1.29, 1.82) is 0 Å². The molecule has 0 fully saturated rings. The molecule has 10 nitrogen and oxygen atoms in total. The zero-order valence-electron chi connectivity index (χ0n) is 24.9. The van der Waals surface area contributed by atoms with E-state index in [1.807, 2.05) is 32.0 Å². The molecule has 2 rings (SSSR count). The number of aromatic hydroxyl groups is 1. The number of phenolic OH excluding ortho intramolecular Hbond substituents is 1. The van der Waals surface area contributed by atoms with Gasteiger partial charge in [-0.1, -0.05) is 48.9 Å². The van der Waals surface area contributed by atoms with Crippen LogP contribution in [-0.2, 0) is 30.3 Å². The van der Waals surface area contributed by atoms with Crippen molar-refractivity contribution in [3.63, 3.8) is 0 Å². The molecule has 224 valence electrons. The lowest BCUT2D eigenvalue weighted by molar-refractivity contribution is -0.144. The minimum absolute atomic E-state index is 0.00841. The number of ether oxygens (including phenoxy) is 2. The molecule has 3 N–H and O–H groups in total. The van der Waals surface area contributed by atoms with Gasteiger partial charge in [-0.3, -0.25) is 14.4 Å². The van der Waals surface area contributed by atoms with Crippen LogP contribution in [0.4, 0.5) is 4.79 Å². The predicted molar refractivity (Wildman–Crippen MR) is 155 cm³/mol. The highest BCUT2D eigenvalue weighted by molar-refractivity contribution is 5.92. The summed E-state index contributed by atoms with van der Waals surface area (Å²) in [5.74, 6) is -1.29. The van der Waals surface area contributed by atoms with Gasteiger partial charge in [0.15, 0.2) is 0 Å². The molecule has 0 aliphatic carbocycles. The van der Waals surface area contributed by atoms with E-state index in [-0.39, 0.29) is 38.3 Å². The van der Waals surface area contributed by atoms with Crippen LogP contribution in [0.3, 0.4) is 0 Å². The maximum Gasteiger partial charge on any atom is 0.408 e. The summed E-state index contributed by atoms with van der Waals surface area (Å²) in [6, 6.07) is 11.5. The lowest BCUT2D eigenvalue weighted by Crippen LogP contribution is -2.54. The number of aryl methyl sites for hydroxylation is 1. The first-order chi connectivity index (χ1) is 19.3. The number of carbonyl (C=O) groups is 4. The summed E-state index contributed by atoms with van der Waals surface area (Å²) in [4.78, 5) is 54.0. The van der Waals surface area contributed by atoms with E-state index in [9.17, 15) is 24.3 Å². The first kappa shape index (κ1) is 33.1. The van der Waals surface area contributed by atoms with E-state index < -0.39 is 41.6 Å². The Hall–Kier alpha value is -4.08. The topological polar surface area (TPSA) is 134 Å². The van der Waals surface area contributed by atoms with E-state index in [1.165, 1.54) is 17.0 Å². The molecular formula is C31H43N3O7. The van der Waals surface area contributed by atoms with Crippen LogP contribution in [0.2, 0.25) is 0 Å². The largest absolute Gasteiger partial charge is 0.508 e. The lowest BCUT2D eigenvalue weighted by Gasteiger charge is -2.34. The van der Waals surface area contributed by atoms with Crippen LogP contribution in [0.15, 0.2) is 48.5 Å². The summed E-state index contributed by atoms with van der Waals surface area (Å²) in [5, 5.41) is 15.2. The molecule has 2 unspecified atom stereocenters. The molecule has 3 amide bonds. The van der Waals surface area contributed by atoms with Gasteiger partial charge in [-0.25, -0.2) is 4.79 Å². The van der Waals surface area contributed by atoms with Crippen LogP contribution < -0.4 is 10.6 Å². The Balaban J connectivity index is 2.46. The second-order valence-electron chi connectivity index (χ2n) is 10.8. The van der Waals surface area contributed by atoms with Gasteiger partial charge in [0, 0.05) is 19.5 Å². The summed E-state index contributed by atoms with van der Waals surface area (Å²) in [5.41, 5.74) is 1.41. The van der Waals surface area contributed by atoms with Gasteiger partial charge in [-0.05, 0) is 64.3 Å². The van der Waals surface area contributed by atoms with Gasteiger partial charge in [0.1, 0.15) is 23.4 Å². The summed E-state index contributed by atoms with van der Waals surface area (Å²) >= 11 is 0. The second kappa shape index (κ2) is 15.6. The zero-order chi connectivity index (χ0) is 30.6. The molecule has 0 saturated heterocycles. The molecule has 0 aromatic heterocycles. The van der Waals surface area contributed by atoms with Crippen molar-refractivity contribution < 1.29 is 33.8 Å². The number of amides is 3. The Kier molecular flexibility index (Phi) is 12.6. The highest BCUT2D eigenvalue weighted by atomic mass is 16.6. The molecule has 0 heterocycles. The van der Waals surface area contributed by atoms with E-state index >= 15 is 0 Å². The smallest absolute Gasteiger partial charge is 0.408 e. The number of esters is 1. The summed E-state index contributed by atoms with van der Waals surface area (Å²) in [6.07, 6.45) is -0.130. The third-order valence-electron chi connectivity index (χ3n) is 5.96. The van der Waals surface area contributed by atoms with E-state index in [0.717, 1.165) is 5.56 Å². The fraction of sp³-hybridized carbons (Fsp3) is 0.484. The average Bonchev–Trinajstić information content (AvgIpc) is 2.88. The van der Waals surface area contributed by atoms with Crippen molar-refractivity contribution in [3.05, 3.63) is 65.2 Å². The Labute approximate surface area is 242 Å². The van der Waals surface area contributed by atoms with Crippen LogP contribution in [0, 0.1) is 6.92 Å². The van der Waals surface area contributed by atoms with Crippen LogP contribution >= 0.6 is 0 Å². The number of nitrogens with one attached hydrogen (secondary N) is 2. The van der Waals surface area contributed by atoms with Gasteiger partial charge in [0.25, 0.3) is 0 Å². The monoisotopic (exact) mass is 569 g/mol. The standard InChI is InChI=1S/C31H43N3O7/c1-7-18-34(27(23-11-9-10-21(3)19-23)28(37)32-17-16-26(36)40-8-2)29(38)25(33-30(39)41-31(4,5)6)20-22-12-14-24(35)15-13-22/h9-15,19,25,27,35H,7-8,16-18,20H2,1-6H3,(H,32,37)(H,33,39). The average molecular weight is 570 g/mol. The van der Waals surface area contributed by atoms with Crippen molar-refractivity contribution in [1.82, 2.24) is 15.5 Å². The molecule has 2 atom stereocenters. The number of rotatable bonds is 13. The molecular weight excluding hydrogens is 526 g/mol. The molecule has 0 saturated carbocycles. The Morgan fingerprint density at radius 3 is 2.29 bits per heavy atom. The number of carbonyl (C=O) groups excluding carboxylic acids is 4. The molecule has 41 heavy (non-hydrogen) atoms. The van der Waals surface area contributed by atoms with E-state index in [0.29, 0.717) is 17.5 Å². The molecule has 0 spiro atoms. The summed E-state index contributed by atoms with van der Waals surface area (Å²) in [6.45, 7) is 11.2. The van der Waals surface area contributed by atoms with Crippen LogP contribution in [0.25, 0.3) is 0 Å². The van der Waals surface area contributed by atoms with E-state index in [4.69, 9.17) is 9.47 Å². The van der Waals surface area contributed by atoms with E-state index in [2.05, 4.69) is 10.6 Å². The van der Waals surface area contributed by atoms with Gasteiger partial charge >= 0.3 is 12.1 Å².